The number of aromatic nitrogens is 1. The van der Waals surface area contributed by atoms with Crippen LogP contribution in [-0.2, 0) is 5.44 Å². The van der Waals surface area contributed by atoms with Crippen LogP contribution in [0.5, 0.6) is 0 Å². The van der Waals surface area contributed by atoms with Gasteiger partial charge in [-0.05, 0) is 54.7 Å². The molecule has 2 atom stereocenters. The van der Waals surface area contributed by atoms with Crippen molar-refractivity contribution >= 4 is 30.1 Å². The summed E-state index contributed by atoms with van der Waals surface area (Å²) < 4.78 is 15.7. The quantitative estimate of drug-likeness (QED) is 0.203. The Hall–Kier alpha value is -5.06. The predicted octanol–water partition coefficient (Wildman–Crippen LogP) is 5.44. The van der Waals surface area contributed by atoms with Gasteiger partial charge < -0.3 is 16.1 Å². The molecule has 0 bridgehead atoms. The first kappa shape index (κ1) is 27.1. The van der Waals surface area contributed by atoms with Crippen LogP contribution in [0, 0.1) is 28.5 Å². The molecule has 0 amide bonds. The van der Waals surface area contributed by atoms with Crippen molar-refractivity contribution in [1.82, 2.24) is 21.0 Å². The number of benzene rings is 3. The number of nitrogens with one attached hydrogen (secondary N) is 4. The van der Waals surface area contributed by atoms with Crippen molar-refractivity contribution in [3.63, 3.8) is 0 Å². The summed E-state index contributed by atoms with van der Waals surface area (Å²) >= 11 is 0. The standard InChI is InChI=1S/C32H28BFN8/c1-2-28(21-8-4-3-5-9-21)38-30-22(17-36)18-37-31-26(30)14-24(15-27(31)34)39-32(33,23-10-6-7-20(13-23)16-35)29-19-42(41-40-29)25-11-12-25/h3-10,13-15,18-19,25,28,39-41H,2,11-12H2,1H3,(H,37,38)/t28-,32?/m1/s1. The van der Waals surface area contributed by atoms with E-state index in [0.29, 0.717) is 45.2 Å². The third kappa shape index (κ3) is 5.09. The summed E-state index contributed by atoms with van der Waals surface area (Å²) in [7, 11) is 7.11. The first-order chi connectivity index (χ1) is 20.4. The Morgan fingerprint density at radius 1 is 1.12 bits per heavy atom. The molecule has 3 aromatic carbocycles. The van der Waals surface area contributed by atoms with E-state index in [0.717, 1.165) is 24.8 Å². The van der Waals surface area contributed by atoms with Gasteiger partial charge in [0.25, 0.3) is 0 Å². The maximum absolute atomic E-state index is 15.7. The van der Waals surface area contributed by atoms with Gasteiger partial charge in [-0.3, -0.25) is 9.99 Å². The van der Waals surface area contributed by atoms with Crippen molar-refractivity contribution in [3.8, 4) is 12.1 Å². The number of hydrogen-bond acceptors (Lipinski definition) is 8. The summed E-state index contributed by atoms with van der Waals surface area (Å²) in [5, 5.41) is 28.8. The number of nitriles is 2. The Labute approximate surface area is 245 Å². The van der Waals surface area contributed by atoms with Gasteiger partial charge in [0.05, 0.1) is 40.1 Å². The number of rotatable bonds is 9. The second kappa shape index (κ2) is 11.1. The smallest absolute Gasteiger partial charge is 0.151 e. The minimum absolute atomic E-state index is 0.113. The Morgan fingerprint density at radius 3 is 2.64 bits per heavy atom. The zero-order valence-corrected chi connectivity index (χ0v) is 23.0. The van der Waals surface area contributed by atoms with Gasteiger partial charge in [0.15, 0.2) is 5.82 Å². The van der Waals surface area contributed by atoms with Crippen molar-refractivity contribution in [2.75, 3.05) is 10.6 Å². The van der Waals surface area contributed by atoms with E-state index in [2.05, 4.69) is 38.7 Å². The van der Waals surface area contributed by atoms with E-state index in [9.17, 15) is 10.5 Å². The molecule has 2 heterocycles. The molecular weight excluding hydrogens is 526 g/mol. The maximum atomic E-state index is 15.7. The highest BCUT2D eigenvalue weighted by Crippen LogP contribution is 2.38. The van der Waals surface area contributed by atoms with Crippen molar-refractivity contribution in [2.24, 2.45) is 0 Å². The highest BCUT2D eigenvalue weighted by molar-refractivity contribution is 6.19. The molecule has 4 N–H and O–H groups in total. The van der Waals surface area contributed by atoms with E-state index in [4.69, 9.17) is 7.85 Å². The minimum atomic E-state index is -1.37. The average molecular weight is 554 g/mol. The molecule has 1 saturated carbocycles. The normalized spacial score (nSPS) is 16.5. The van der Waals surface area contributed by atoms with Crippen LogP contribution in [0.1, 0.15) is 54.5 Å². The van der Waals surface area contributed by atoms with E-state index in [1.165, 1.54) is 12.3 Å². The Bertz CT molecular complexity index is 1760. The van der Waals surface area contributed by atoms with Gasteiger partial charge >= 0.3 is 0 Å². The number of anilines is 2. The molecule has 1 aliphatic heterocycles. The number of fused-ring (bicyclic) bond motifs is 1. The molecule has 1 aromatic heterocycles. The summed E-state index contributed by atoms with van der Waals surface area (Å²) in [6, 6.07) is 24.6. The number of hydrogen-bond donors (Lipinski definition) is 4. The summed E-state index contributed by atoms with van der Waals surface area (Å²) in [6.45, 7) is 2.05. The van der Waals surface area contributed by atoms with Gasteiger partial charge in [0.1, 0.15) is 19.4 Å². The van der Waals surface area contributed by atoms with Crippen molar-refractivity contribution in [2.45, 2.75) is 43.7 Å². The first-order valence-corrected chi connectivity index (χ1v) is 13.9. The largest absolute Gasteiger partial charge is 0.378 e. The lowest BCUT2D eigenvalue weighted by Gasteiger charge is -2.34. The van der Waals surface area contributed by atoms with E-state index in [-0.39, 0.29) is 11.6 Å². The maximum Gasteiger partial charge on any atom is 0.151 e. The minimum Gasteiger partial charge on any atom is -0.378 e. The van der Waals surface area contributed by atoms with E-state index in [1.54, 1.807) is 24.3 Å². The molecule has 1 fully saturated rings. The summed E-state index contributed by atoms with van der Waals surface area (Å²) in [6.07, 6.45) is 6.16. The lowest BCUT2D eigenvalue weighted by atomic mass is 9.69. The van der Waals surface area contributed by atoms with E-state index in [1.807, 2.05) is 54.5 Å². The second-order valence-corrected chi connectivity index (χ2v) is 10.6. The number of halogens is 1. The van der Waals surface area contributed by atoms with Gasteiger partial charge in [0, 0.05) is 29.5 Å². The Kier molecular flexibility index (Phi) is 7.16. The summed E-state index contributed by atoms with van der Waals surface area (Å²) in [5.41, 5.74) is 8.96. The van der Waals surface area contributed by atoms with Crippen LogP contribution in [0.15, 0.2) is 84.8 Å². The second-order valence-electron chi connectivity index (χ2n) is 10.6. The van der Waals surface area contributed by atoms with Gasteiger partial charge in [-0.25, -0.2) is 4.39 Å². The van der Waals surface area contributed by atoms with Gasteiger partial charge in [0.2, 0.25) is 0 Å². The summed E-state index contributed by atoms with van der Waals surface area (Å²) in [5.74, 6) is -0.561. The predicted molar refractivity (Wildman–Crippen MR) is 161 cm³/mol. The number of pyridine rings is 1. The van der Waals surface area contributed by atoms with Crippen molar-refractivity contribution in [3.05, 3.63) is 113 Å². The lowest BCUT2D eigenvalue weighted by Crippen LogP contribution is -2.45. The topological polar surface area (TPSA) is 112 Å². The SMILES string of the molecule is [B]C(Nc1cc(F)c2ncc(C#N)c(N[C@H](CC)c3ccccc3)c2c1)(C1=CN(C2CC2)NN1)c1cccc(C#N)c1. The van der Waals surface area contributed by atoms with E-state index >= 15 is 4.39 Å². The molecular formula is C32H28BFN8. The molecule has 42 heavy (non-hydrogen) atoms. The number of hydrazine groups is 2. The molecule has 2 radical (unpaired) electrons. The first-order valence-electron chi connectivity index (χ1n) is 13.9. The molecule has 206 valence electrons. The number of nitrogens with zero attached hydrogens (tertiary/aromatic N) is 4. The molecule has 0 spiro atoms. The third-order valence-corrected chi connectivity index (χ3v) is 7.72. The van der Waals surface area contributed by atoms with Crippen molar-refractivity contribution < 1.29 is 4.39 Å². The monoisotopic (exact) mass is 554 g/mol. The molecule has 8 nitrogen and oxygen atoms in total. The molecule has 1 unspecified atom stereocenters. The van der Waals surface area contributed by atoms with Crippen LogP contribution < -0.4 is 21.6 Å². The highest BCUT2D eigenvalue weighted by Gasteiger charge is 2.38. The van der Waals surface area contributed by atoms with E-state index < -0.39 is 11.3 Å². The lowest BCUT2D eigenvalue weighted by molar-refractivity contribution is 0.260. The highest BCUT2D eigenvalue weighted by atomic mass is 19.1. The molecule has 1 aliphatic carbocycles. The zero-order chi connectivity index (χ0) is 29.3. The van der Waals surface area contributed by atoms with Gasteiger partial charge in [-0.15, -0.1) is 5.53 Å². The summed E-state index contributed by atoms with van der Waals surface area (Å²) in [4.78, 5) is 4.28. The molecule has 4 aromatic rings. The molecule has 6 rings (SSSR count). The molecule has 10 heteroatoms. The fourth-order valence-electron chi connectivity index (χ4n) is 5.29. The van der Waals surface area contributed by atoms with Crippen LogP contribution in [0.3, 0.4) is 0 Å². The van der Waals surface area contributed by atoms with Crippen LogP contribution in [0.4, 0.5) is 15.8 Å². The molecule has 2 aliphatic rings. The van der Waals surface area contributed by atoms with Gasteiger partial charge in [-0.1, -0.05) is 49.4 Å². The Morgan fingerprint density at radius 2 is 1.93 bits per heavy atom. The van der Waals surface area contributed by atoms with Crippen LogP contribution in [-0.4, -0.2) is 23.9 Å². The van der Waals surface area contributed by atoms with Crippen molar-refractivity contribution in [1.29, 1.82) is 10.5 Å². The molecule has 0 saturated heterocycles. The van der Waals surface area contributed by atoms with Crippen LogP contribution in [0.25, 0.3) is 10.9 Å². The van der Waals surface area contributed by atoms with Crippen LogP contribution in [0.2, 0.25) is 0 Å². The average Bonchev–Trinajstić information content (AvgIpc) is 3.75. The third-order valence-electron chi connectivity index (χ3n) is 7.72. The van der Waals surface area contributed by atoms with Crippen LogP contribution >= 0.6 is 0 Å². The fraction of sp³-hybridized carbons (Fsp3) is 0.219. The zero-order valence-electron chi connectivity index (χ0n) is 23.0. The fourth-order valence-corrected chi connectivity index (χ4v) is 5.29. The van der Waals surface area contributed by atoms with Gasteiger partial charge in [-0.2, -0.15) is 10.5 Å². The Balaban J connectivity index is 1.45.